The largest absolute Gasteiger partial charge is 0.420 e. The molecule has 13 heavy (non-hydrogen) atoms. The molecule has 0 amide bonds. The summed E-state index contributed by atoms with van der Waals surface area (Å²) in [6.45, 7) is 2.47. The highest BCUT2D eigenvalue weighted by Gasteiger charge is 2.62. The van der Waals surface area contributed by atoms with Gasteiger partial charge in [-0.15, -0.1) is 0 Å². The van der Waals surface area contributed by atoms with E-state index in [1.807, 2.05) is 0 Å². The van der Waals surface area contributed by atoms with Crippen LogP contribution in [0.4, 0.5) is 17.6 Å². The Kier molecular flexibility index (Phi) is 2.14. The fraction of sp³-hybridized carbons (Fsp3) is 1.00. The van der Waals surface area contributed by atoms with Gasteiger partial charge in [-0.1, -0.05) is 13.8 Å². The van der Waals surface area contributed by atoms with Crippen molar-refractivity contribution < 1.29 is 17.6 Å². The molecule has 1 unspecified atom stereocenters. The molecule has 2 N–H and O–H groups in total. The third-order valence-corrected chi connectivity index (χ3v) is 2.99. The third kappa shape index (κ3) is 1.66. The summed E-state index contributed by atoms with van der Waals surface area (Å²) in [6, 6.07) is 0. The number of nitrogens with two attached hydrogens (primary N) is 1. The molecule has 0 radical (unpaired) electrons. The van der Waals surface area contributed by atoms with E-state index in [1.54, 1.807) is 0 Å². The van der Waals surface area contributed by atoms with Crippen molar-refractivity contribution in [2.24, 2.45) is 11.1 Å². The van der Waals surface area contributed by atoms with Crippen LogP contribution in [0, 0.1) is 5.41 Å². The highest BCUT2D eigenvalue weighted by molar-refractivity contribution is 5.12. The van der Waals surface area contributed by atoms with E-state index in [0.717, 1.165) is 0 Å². The van der Waals surface area contributed by atoms with Gasteiger partial charge in [-0.25, -0.2) is 4.39 Å². The first-order valence-corrected chi connectivity index (χ1v) is 4.11. The molecular weight excluding hydrogens is 186 g/mol. The van der Waals surface area contributed by atoms with E-state index in [0.29, 0.717) is 12.8 Å². The Morgan fingerprint density at radius 1 is 1.23 bits per heavy atom. The van der Waals surface area contributed by atoms with Crippen molar-refractivity contribution in [3.8, 4) is 0 Å². The second-order valence-corrected chi connectivity index (χ2v) is 4.28. The lowest BCUT2D eigenvalue weighted by molar-refractivity contribution is -0.212. The number of halogens is 4. The molecule has 0 aliphatic heterocycles. The Morgan fingerprint density at radius 2 is 1.62 bits per heavy atom. The molecule has 0 aromatic rings. The van der Waals surface area contributed by atoms with E-state index in [2.05, 4.69) is 0 Å². The second kappa shape index (κ2) is 2.59. The van der Waals surface area contributed by atoms with Crippen LogP contribution in [0.25, 0.3) is 0 Å². The van der Waals surface area contributed by atoms with Crippen LogP contribution in [0.3, 0.4) is 0 Å². The van der Waals surface area contributed by atoms with Crippen molar-refractivity contribution in [2.45, 2.75) is 44.6 Å². The Morgan fingerprint density at radius 3 is 1.85 bits per heavy atom. The lowest BCUT2D eigenvalue weighted by Gasteiger charge is -2.35. The molecule has 0 heterocycles. The average Bonchev–Trinajstić information content (AvgIpc) is 2.65. The van der Waals surface area contributed by atoms with Gasteiger partial charge in [-0.2, -0.15) is 13.2 Å². The van der Waals surface area contributed by atoms with Gasteiger partial charge in [0.25, 0.3) is 0 Å². The molecule has 0 bridgehead atoms. The molecule has 1 aliphatic rings. The Hall–Kier alpha value is -0.320. The molecule has 5 heteroatoms. The Labute approximate surface area is 74.3 Å². The fourth-order valence-corrected chi connectivity index (χ4v) is 1.44. The van der Waals surface area contributed by atoms with Gasteiger partial charge in [0.05, 0.1) is 0 Å². The molecular formula is C8H13F4N. The van der Waals surface area contributed by atoms with Gasteiger partial charge in [0, 0.05) is 11.0 Å². The summed E-state index contributed by atoms with van der Waals surface area (Å²) < 4.78 is 49.2. The summed E-state index contributed by atoms with van der Waals surface area (Å²) in [5.74, 6) is 0. The van der Waals surface area contributed by atoms with E-state index in [9.17, 15) is 17.6 Å². The van der Waals surface area contributed by atoms with Crippen molar-refractivity contribution in [3.63, 3.8) is 0 Å². The molecule has 0 aromatic carbocycles. The standard InChI is InChI=1S/C8H13F4N/c1-6(2,7(13)3-4-7)5(9)8(10,11)12/h5H,3-4,13H2,1-2H3. The lowest BCUT2D eigenvalue weighted by atomic mass is 9.77. The lowest BCUT2D eigenvalue weighted by Crippen LogP contribution is -2.51. The van der Waals surface area contributed by atoms with Crippen LogP contribution in [0.1, 0.15) is 26.7 Å². The van der Waals surface area contributed by atoms with Crippen molar-refractivity contribution in [2.75, 3.05) is 0 Å². The van der Waals surface area contributed by atoms with E-state index < -0.39 is 23.3 Å². The summed E-state index contributed by atoms with van der Waals surface area (Å²) >= 11 is 0. The number of alkyl halides is 4. The molecule has 0 aromatic heterocycles. The quantitative estimate of drug-likeness (QED) is 0.679. The number of hydrogen-bond acceptors (Lipinski definition) is 1. The van der Waals surface area contributed by atoms with Crippen LogP contribution in [0.15, 0.2) is 0 Å². The molecule has 1 rings (SSSR count). The van der Waals surface area contributed by atoms with Crippen molar-refractivity contribution in [1.82, 2.24) is 0 Å². The zero-order valence-electron chi connectivity index (χ0n) is 7.58. The van der Waals surface area contributed by atoms with Gasteiger partial charge in [0.2, 0.25) is 6.17 Å². The Bertz CT molecular complexity index is 205. The summed E-state index contributed by atoms with van der Waals surface area (Å²) in [4.78, 5) is 0. The first kappa shape index (κ1) is 10.8. The normalized spacial score (nSPS) is 24.2. The molecule has 0 spiro atoms. The monoisotopic (exact) mass is 199 g/mol. The summed E-state index contributed by atoms with van der Waals surface area (Å²) in [5.41, 5.74) is 3.09. The molecule has 1 aliphatic carbocycles. The van der Waals surface area contributed by atoms with E-state index in [-0.39, 0.29) is 0 Å². The van der Waals surface area contributed by atoms with Gasteiger partial charge >= 0.3 is 6.18 Å². The van der Waals surface area contributed by atoms with Crippen LogP contribution in [0.2, 0.25) is 0 Å². The minimum atomic E-state index is -4.81. The maximum absolute atomic E-state index is 13.0. The zero-order valence-corrected chi connectivity index (χ0v) is 7.58. The summed E-state index contributed by atoms with van der Waals surface area (Å²) in [5, 5.41) is 0. The van der Waals surface area contributed by atoms with Crippen LogP contribution in [-0.2, 0) is 0 Å². The fourth-order valence-electron chi connectivity index (χ4n) is 1.44. The predicted octanol–water partition coefficient (Wildman–Crippen LogP) is 2.40. The maximum atomic E-state index is 13.0. The van der Waals surface area contributed by atoms with Crippen molar-refractivity contribution >= 4 is 0 Å². The van der Waals surface area contributed by atoms with Crippen LogP contribution >= 0.6 is 0 Å². The SMILES string of the molecule is CC(C)(C(F)C(F)(F)F)C1(N)CC1. The molecule has 1 nitrogen and oxygen atoms in total. The first-order chi connectivity index (χ1) is 5.61. The summed E-state index contributed by atoms with van der Waals surface area (Å²) in [7, 11) is 0. The van der Waals surface area contributed by atoms with Crippen LogP contribution in [0.5, 0.6) is 0 Å². The highest BCUT2D eigenvalue weighted by atomic mass is 19.4. The van der Waals surface area contributed by atoms with Gasteiger partial charge in [-0.05, 0) is 12.8 Å². The number of hydrogen-bond donors (Lipinski definition) is 1. The first-order valence-electron chi connectivity index (χ1n) is 4.11. The van der Waals surface area contributed by atoms with Gasteiger partial charge in [0.15, 0.2) is 0 Å². The van der Waals surface area contributed by atoms with E-state index in [4.69, 9.17) is 5.73 Å². The number of rotatable bonds is 2. The van der Waals surface area contributed by atoms with Gasteiger partial charge in [0.1, 0.15) is 0 Å². The minimum Gasteiger partial charge on any atom is -0.325 e. The molecule has 0 saturated heterocycles. The average molecular weight is 199 g/mol. The third-order valence-electron chi connectivity index (χ3n) is 2.99. The molecule has 1 fully saturated rings. The summed E-state index contributed by atoms with van der Waals surface area (Å²) in [6.07, 6.45) is -6.71. The van der Waals surface area contributed by atoms with Crippen LogP contribution in [-0.4, -0.2) is 17.9 Å². The zero-order chi connectivity index (χ0) is 10.5. The van der Waals surface area contributed by atoms with E-state index >= 15 is 0 Å². The van der Waals surface area contributed by atoms with E-state index in [1.165, 1.54) is 13.8 Å². The molecule has 78 valence electrons. The molecule has 1 atom stereocenters. The van der Waals surface area contributed by atoms with Gasteiger partial charge in [-0.3, -0.25) is 0 Å². The van der Waals surface area contributed by atoms with Crippen LogP contribution < -0.4 is 5.73 Å². The second-order valence-electron chi connectivity index (χ2n) is 4.28. The van der Waals surface area contributed by atoms with Crippen molar-refractivity contribution in [1.29, 1.82) is 0 Å². The molecule has 1 saturated carbocycles. The smallest absolute Gasteiger partial charge is 0.325 e. The predicted molar refractivity (Wildman–Crippen MR) is 40.9 cm³/mol. The van der Waals surface area contributed by atoms with Gasteiger partial charge < -0.3 is 5.73 Å². The Balaban J connectivity index is 2.81. The highest BCUT2D eigenvalue weighted by Crippen LogP contribution is 2.53. The van der Waals surface area contributed by atoms with Crippen molar-refractivity contribution in [3.05, 3.63) is 0 Å². The maximum Gasteiger partial charge on any atom is 0.420 e. The topological polar surface area (TPSA) is 26.0 Å². The minimum absolute atomic E-state index is 0.469.